The predicted octanol–water partition coefficient (Wildman–Crippen LogP) is 2.61. The van der Waals surface area contributed by atoms with Crippen LogP contribution in [-0.4, -0.2) is 77.5 Å². The fraction of sp³-hybridized carbons (Fsp3) is 0.476. The average Bonchev–Trinajstić information content (AvgIpc) is 3.12. The molecule has 0 unspecified atom stereocenters. The third kappa shape index (κ3) is 3.15. The average molecular weight is 382 g/mol. The number of methoxy groups -OCH3 is 1. The van der Waals surface area contributed by atoms with Crippen LogP contribution in [0.4, 0.5) is 4.79 Å². The molecule has 0 spiro atoms. The number of urea groups is 1. The number of aromatic nitrogens is 1. The Kier molecular flexibility index (Phi) is 5.07. The summed E-state index contributed by atoms with van der Waals surface area (Å²) in [5, 5.41) is 0.808. The minimum absolute atomic E-state index is 0.0307. The second kappa shape index (κ2) is 7.66. The smallest absolute Gasteiger partial charge is 0.320 e. The minimum Gasteiger partial charge on any atom is -0.494 e. The van der Waals surface area contributed by atoms with Crippen LogP contribution in [0.15, 0.2) is 30.5 Å². The number of nitrogens with zero attached hydrogens (tertiary/aromatic N) is 4. The second-order valence-electron chi connectivity index (χ2n) is 7.30. The first-order chi connectivity index (χ1) is 13.6. The van der Waals surface area contributed by atoms with Crippen molar-refractivity contribution in [2.45, 2.75) is 25.8 Å². The number of likely N-dealkylation sites (N-methyl/N-ethyl adjacent to an activating group) is 1. The maximum absolute atomic E-state index is 13.3. The molecule has 0 bridgehead atoms. The van der Waals surface area contributed by atoms with E-state index in [0.29, 0.717) is 24.4 Å². The van der Waals surface area contributed by atoms with E-state index >= 15 is 0 Å². The van der Waals surface area contributed by atoms with E-state index < -0.39 is 0 Å². The first-order valence-electron chi connectivity index (χ1n) is 9.90. The number of pyridine rings is 1. The molecule has 7 heteroatoms. The van der Waals surface area contributed by atoms with Crippen molar-refractivity contribution in [3.63, 3.8) is 0 Å². The Labute approximate surface area is 164 Å². The quantitative estimate of drug-likeness (QED) is 0.815. The largest absolute Gasteiger partial charge is 0.494 e. The lowest BCUT2D eigenvalue weighted by Gasteiger charge is -2.36. The van der Waals surface area contributed by atoms with Crippen molar-refractivity contribution in [1.82, 2.24) is 19.7 Å². The normalized spacial score (nSPS) is 18.2. The summed E-state index contributed by atoms with van der Waals surface area (Å²) in [6.45, 7) is 5.62. The van der Waals surface area contributed by atoms with Crippen molar-refractivity contribution in [3.8, 4) is 5.75 Å². The number of hydrogen-bond acceptors (Lipinski definition) is 4. The Hall–Kier alpha value is -2.83. The molecule has 2 fully saturated rings. The van der Waals surface area contributed by atoms with Gasteiger partial charge in [-0.3, -0.25) is 9.78 Å². The zero-order valence-corrected chi connectivity index (χ0v) is 16.4. The number of likely N-dealkylation sites (tertiary alicyclic amines) is 1. The summed E-state index contributed by atoms with van der Waals surface area (Å²) in [5.41, 5.74) is 1.35. The number of para-hydroxylation sites is 1. The summed E-state index contributed by atoms with van der Waals surface area (Å²) in [5.74, 6) is 0.468. The molecule has 3 amide bonds. The van der Waals surface area contributed by atoms with E-state index in [2.05, 4.69) is 4.98 Å². The Balaban J connectivity index is 1.51. The molecule has 0 radical (unpaired) electrons. The fourth-order valence-corrected chi connectivity index (χ4v) is 4.27. The molecule has 2 aliphatic rings. The van der Waals surface area contributed by atoms with Gasteiger partial charge < -0.3 is 19.4 Å². The van der Waals surface area contributed by atoms with Crippen LogP contribution in [0.5, 0.6) is 5.75 Å². The highest BCUT2D eigenvalue weighted by Crippen LogP contribution is 2.29. The summed E-state index contributed by atoms with van der Waals surface area (Å²) < 4.78 is 5.44. The van der Waals surface area contributed by atoms with Crippen molar-refractivity contribution in [2.24, 2.45) is 0 Å². The van der Waals surface area contributed by atoms with E-state index in [1.165, 1.54) is 0 Å². The van der Waals surface area contributed by atoms with Crippen molar-refractivity contribution in [3.05, 3.63) is 36.0 Å². The summed E-state index contributed by atoms with van der Waals surface area (Å²) >= 11 is 0. The summed E-state index contributed by atoms with van der Waals surface area (Å²) in [6.07, 6.45) is 3.23. The Morgan fingerprint density at radius 3 is 2.61 bits per heavy atom. The van der Waals surface area contributed by atoms with Crippen LogP contribution in [0.25, 0.3) is 10.9 Å². The predicted molar refractivity (Wildman–Crippen MR) is 107 cm³/mol. The first kappa shape index (κ1) is 18.5. The molecule has 148 valence electrons. The lowest BCUT2D eigenvalue weighted by molar-refractivity contribution is 0.0662. The zero-order valence-electron chi connectivity index (χ0n) is 16.4. The van der Waals surface area contributed by atoms with Gasteiger partial charge in [0.2, 0.25) is 0 Å². The van der Waals surface area contributed by atoms with Gasteiger partial charge in [0.15, 0.2) is 5.75 Å². The van der Waals surface area contributed by atoms with Crippen LogP contribution in [0.3, 0.4) is 0 Å². The molecular weight excluding hydrogens is 356 g/mol. The molecule has 0 N–H and O–H groups in total. The number of ether oxygens (including phenoxy) is 1. The molecule has 28 heavy (non-hydrogen) atoms. The third-order valence-corrected chi connectivity index (χ3v) is 5.88. The lowest BCUT2D eigenvalue weighted by atomic mass is 10.0. The van der Waals surface area contributed by atoms with Gasteiger partial charge in [0.1, 0.15) is 0 Å². The SMILES string of the molecule is CCN1CCN(C2CCN(C(=O)c3c(OC)cnc4ccccc34)CC2)C1=O. The van der Waals surface area contributed by atoms with Crippen LogP contribution < -0.4 is 4.74 Å². The van der Waals surface area contributed by atoms with Gasteiger partial charge in [0.25, 0.3) is 5.91 Å². The molecule has 2 aliphatic heterocycles. The number of piperidine rings is 1. The van der Waals surface area contributed by atoms with Gasteiger partial charge in [-0.05, 0) is 25.8 Å². The van der Waals surface area contributed by atoms with Crippen LogP contribution in [0, 0.1) is 0 Å². The molecule has 2 aromatic rings. The molecular formula is C21H26N4O3. The monoisotopic (exact) mass is 382 g/mol. The number of benzene rings is 1. The number of fused-ring (bicyclic) bond motifs is 1. The lowest BCUT2D eigenvalue weighted by Crippen LogP contribution is -2.48. The number of carbonyl (C=O) groups excluding carboxylic acids is 2. The molecule has 3 heterocycles. The minimum atomic E-state index is -0.0307. The van der Waals surface area contributed by atoms with Gasteiger partial charge >= 0.3 is 6.03 Å². The second-order valence-corrected chi connectivity index (χ2v) is 7.30. The number of amides is 3. The Bertz CT molecular complexity index is 892. The topological polar surface area (TPSA) is 66.0 Å². The Morgan fingerprint density at radius 1 is 1.18 bits per heavy atom. The molecule has 1 aromatic carbocycles. The molecule has 2 saturated heterocycles. The molecule has 0 atom stereocenters. The summed E-state index contributed by atoms with van der Waals surface area (Å²) in [6, 6.07) is 7.97. The van der Waals surface area contributed by atoms with Crippen LogP contribution >= 0.6 is 0 Å². The number of carbonyl (C=O) groups is 2. The zero-order chi connectivity index (χ0) is 19.7. The maximum Gasteiger partial charge on any atom is 0.320 e. The van der Waals surface area contributed by atoms with Crippen molar-refractivity contribution in [1.29, 1.82) is 0 Å². The summed E-state index contributed by atoms with van der Waals surface area (Å²) in [7, 11) is 1.56. The Morgan fingerprint density at radius 2 is 1.93 bits per heavy atom. The van der Waals surface area contributed by atoms with E-state index in [4.69, 9.17) is 4.74 Å². The first-order valence-corrected chi connectivity index (χ1v) is 9.90. The number of hydrogen-bond donors (Lipinski definition) is 0. The van der Waals surface area contributed by atoms with Crippen LogP contribution in [0.2, 0.25) is 0 Å². The van der Waals surface area contributed by atoms with Gasteiger partial charge in [-0.25, -0.2) is 4.79 Å². The van der Waals surface area contributed by atoms with Gasteiger partial charge in [-0.2, -0.15) is 0 Å². The summed E-state index contributed by atoms with van der Waals surface area (Å²) in [4.78, 5) is 35.9. The molecule has 7 nitrogen and oxygen atoms in total. The van der Waals surface area contributed by atoms with E-state index in [0.717, 1.165) is 43.4 Å². The highest BCUT2D eigenvalue weighted by molar-refractivity contribution is 6.08. The molecule has 1 aromatic heterocycles. The third-order valence-electron chi connectivity index (χ3n) is 5.88. The van der Waals surface area contributed by atoms with Crippen molar-refractivity contribution >= 4 is 22.8 Å². The van der Waals surface area contributed by atoms with Crippen LogP contribution in [-0.2, 0) is 0 Å². The van der Waals surface area contributed by atoms with E-state index in [-0.39, 0.29) is 18.0 Å². The van der Waals surface area contributed by atoms with E-state index in [1.807, 2.05) is 45.9 Å². The van der Waals surface area contributed by atoms with Gasteiger partial charge in [-0.1, -0.05) is 18.2 Å². The highest BCUT2D eigenvalue weighted by atomic mass is 16.5. The number of rotatable bonds is 4. The van der Waals surface area contributed by atoms with E-state index in [9.17, 15) is 9.59 Å². The van der Waals surface area contributed by atoms with Gasteiger partial charge in [0.05, 0.1) is 24.4 Å². The molecule has 0 aliphatic carbocycles. The van der Waals surface area contributed by atoms with Gasteiger partial charge in [-0.15, -0.1) is 0 Å². The molecule has 4 rings (SSSR count). The van der Waals surface area contributed by atoms with Crippen molar-refractivity contribution in [2.75, 3.05) is 39.8 Å². The maximum atomic E-state index is 13.3. The van der Waals surface area contributed by atoms with Crippen LogP contribution in [0.1, 0.15) is 30.1 Å². The fourth-order valence-electron chi connectivity index (χ4n) is 4.27. The molecule has 0 saturated carbocycles. The van der Waals surface area contributed by atoms with Crippen molar-refractivity contribution < 1.29 is 14.3 Å². The van der Waals surface area contributed by atoms with Gasteiger partial charge in [0, 0.05) is 44.2 Å². The highest BCUT2D eigenvalue weighted by Gasteiger charge is 2.36. The standard InChI is InChI=1S/C21H26N4O3/c1-3-23-12-13-25(21(23)27)15-8-10-24(11-9-15)20(26)19-16-6-4-5-7-17(16)22-14-18(19)28-2/h4-7,14-15H,3,8-13H2,1-2H3. The van der Waals surface area contributed by atoms with E-state index in [1.54, 1.807) is 13.3 Å².